The SMILES string of the molecule is CCCCCCCC1CCC(c2ccc(CCc3ccc(-c4ccc(C#N)cc4Cl)cc3)cc2)CC1. The van der Waals surface area contributed by atoms with Gasteiger partial charge in [0.25, 0.3) is 0 Å². The Morgan fingerprint density at radius 3 is 2.03 bits per heavy atom. The molecule has 1 nitrogen and oxygen atoms in total. The maximum absolute atomic E-state index is 9.04. The van der Waals surface area contributed by atoms with Crippen LogP contribution in [0.5, 0.6) is 0 Å². The fraction of sp³-hybridized carbons (Fsp3) is 0.441. The van der Waals surface area contributed by atoms with E-state index in [1.807, 2.05) is 12.1 Å². The zero-order chi connectivity index (χ0) is 25.2. The lowest BCUT2D eigenvalue weighted by atomic mass is 9.77. The maximum atomic E-state index is 9.04. The first-order valence-electron chi connectivity index (χ1n) is 14.0. The molecule has 0 amide bonds. The molecular formula is C34H40ClN. The molecule has 1 aliphatic rings. The summed E-state index contributed by atoms with van der Waals surface area (Å²) in [6, 6.07) is 25.7. The third-order valence-electron chi connectivity index (χ3n) is 8.08. The van der Waals surface area contributed by atoms with E-state index in [1.165, 1.54) is 75.3 Å². The van der Waals surface area contributed by atoms with Crippen molar-refractivity contribution in [3.63, 3.8) is 0 Å². The Bertz CT molecular complexity index is 1120. The van der Waals surface area contributed by atoms with Crippen LogP contribution < -0.4 is 0 Å². The van der Waals surface area contributed by atoms with E-state index in [1.54, 1.807) is 11.6 Å². The van der Waals surface area contributed by atoms with Crippen molar-refractivity contribution >= 4 is 11.6 Å². The van der Waals surface area contributed by atoms with Gasteiger partial charge in [0.2, 0.25) is 0 Å². The molecule has 0 heterocycles. The normalized spacial score (nSPS) is 17.6. The second kappa shape index (κ2) is 13.7. The number of hydrogen-bond donors (Lipinski definition) is 0. The van der Waals surface area contributed by atoms with E-state index >= 15 is 0 Å². The van der Waals surface area contributed by atoms with E-state index < -0.39 is 0 Å². The zero-order valence-electron chi connectivity index (χ0n) is 21.8. The molecular weight excluding hydrogens is 458 g/mol. The number of halogens is 1. The van der Waals surface area contributed by atoms with Crippen molar-refractivity contribution in [1.82, 2.24) is 0 Å². The van der Waals surface area contributed by atoms with Crippen molar-refractivity contribution in [2.45, 2.75) is 89.9 Å². The molecule has 0 radical (unpaired) electrons. The molecule has 0 spiro atoms. The van der Waals surface area contributed by atoms with Crippen LogP contribution in [0.2, 0.25) is 5.02 Å². The maximum Gasteiger partial charge on any atom is 0.0992 e. The smallest absolute Gasteiger partial charge is 0.0992 e. The quantitative estimate of drug-likeness (QED) is 0.241. The van der Waals surface area contributed by atoms with Crippen LogP contribution in [0.3, 0.4) is 0 Å². The highest BCUT2D eigenvalue weighted by Crippen LogP contribution is 2.38. The van der Waals surface area contributed by atoms with Gasteiger partial charge in [-0.1, -0.05) is 112 Å². The van der Waals surface area contributed by atoms with Crippen molar-refractivity contribution in [2.75, 3.05) is 0 Å². The largest absolute Gasteiger partial charge is 0.192 e. The summed E-state index contributed by atoms with van der Waals surface area (Å²) in [6.45, 7) is 2.30. The summed E-state index contributed by atoms with van der Waals surface area (Å²) >= 11 is 6.38. The second-order valence-corrected chi connectivity index (χ2v) is 11.1. The molecule has 0 unspecified atom stereocenters. The lowest BCUT2D eigenvalue weighted by Gasteiger charge is -2.29. The fourth-order valence-corrected chi connectivity index (χ4v) is 6.03. The Hall–Kier alpha value is -2.56. The molecule has 188 valence electrons. The van der Waals surface area contributed by atoms with E-state index in [-0.39, 0.29) is 0 Å². The molecule has 0 bridgehead atoms. The molecule has 3 aromatic rings. The van der Waals surface area contributed by atoms with E-state index in [2.05, 4.69) is 61.5 Å². The summed E-state index contributed by atoms with van der Waals surface area (Å²) in [5.74, 6) is 1.73. The van der Waals surface area contributed by atoms with Crippen molar-refractivity contribution in [1.29, 1.82) is 5.26 Å². The van der Waals surface area contributed by atoms with Gasteiger partial charge in [-0.3, -0.25) is 0 Å². The first-order valence-corrected chi connectivity index (χ1v) is 14.4. The average molecular weight is 498 g/mol. The number of unbranched alkanes of at least 4 members (excludes halogenated alkanes) is 4. The highest BCUT2D eigenvalue weighted by atomic mass is 35.5. The Kier molecular flexibility index (Phi) is 10.1. The first-order chi connectivity index (χ1) is 17.7. The molecule has 1 saturated carbocycles. The minimum atomic E-state index is 0.590. The van der Waals surface area contributed by atoms with Crippen LogP contribution in [0.25, 0.3) is 11.1 Å². The molecule has 2 heteroatoms. The van der Waals surface area contributed by atoms with Crippen LogP contribution in [0, 0.1) is 17.2 Å². The predicted octanol–water partition coefficient (Wildman–Crippen LogP) is 10.3. The Labute approximate surface area is 223 Å². The molecule has 0 aromatic heterocycles. The number of nitrogens with zero attached hydrogens (tertiary/aromatic N) is 1. The van der Waals surface area contributed by atoms with E-state index in [9.17, 15) is 0 Å². The molecule has 0 N–H and O–H groups in total. The minimum Gasteiger partial charge on any atom is -0.192 e. The molecule has 1 fully saturated rings. The third kappa shape index (κ3) is 7.47. The molecule has 4 rings (SSSR count). The van der Waals surface area contributed by atoms with E-state index in [0.717, 1.165) is 35.8 Å². The number of nitriles is 1. The topological polar surface area (TPSA) is 23.8 Å². The zero-order valence-corrected chi connectivity index (χ0v) is 22.6. The summed E-state index contributed by atoms with van der Waals surface area (Å²) in [4.78, 5) is 0. The van der Waals surface area contributed by atoms with Gasteiger partial charge in [-0.2, -0.15) is 5.26 Å². The van der Waals surface area contributed by atoms with Crippen LogP contribution in [-0.2, 0) is 12.8 Å². The van der Waals surface area contributed by atoms with Crippen molar-refractivity contribution < 1.29 is 0 Å². The van der Waals surface area contributed by atoms with E-state index in [4.69, 9.17) is 16.9 Å². The van der Waals surface area contributed by atoms with Gasteiger partial charge in [0, 0.05) is 10.6 Å². The average Bonchev–Trinajstić information content (AvgIpc) is 2.93. The molecule has 0 aliphatic heterocycles. The minimum absolute atomic E-state index is 0.590. The van der Waals surface area contributed by atoms with Crippen molar-refractivity contribution in [3.05, 3.63) is 94.0 Å². The molecule has 1 aliphatic carbocycles. The van der Waals surface area contributed by atoms with Gasteiger partial charge in [-0.25, -0.2) is 0 Å². The number of aryl methyl sites for hydroxylation is 2. The van der Waals surface area contributed by atoms with Crippen LogP contribution in [0.15, 0.2) is 66.7 Å². The number of hydrogen-bond acceptors (Lipinski definition) is 1. The van der Waals surface area contributed by atoms with Gasteiger partial charge in [-0.05, 0) is 84.7 Å². The van der Waals surface area contributed by atoms with Crippen molar-refractivity contribution in [2.24, 2.45) is 5.92 Å². The van der Waals surface area contributed by atoms with Gasteiger partial charge in [0.05, 0.1) is 11.6 Å². The van der Waals surface area contributed by atoms with Crippen LogP contribution in [-0.4, -0.2) is 0 Å². The van der Waals surface area contributed by atoms with E-state index in [0.29, 0.717) is 10.6 Å². The van der Waals surface area contributed by atoms with Crippen LogP contribution in [0.4, 0.5) is 0 Å². The Morgan fingerprint density at radius 1 is 0.778 bits per heavy atom. The highest BCUT2D eigenvalue weighted by Gasteiger charge is 2.22. The lowest BCUT2D eigenvalue weighted by Crippen LogP contribution is -2.13. The first kappa shape index (κ1) is 26.5. The van der Waals surface area contributed by atoms with Gasteiger partial charge in [0.15, 0.2) is 0 Å². The fourth-order valence-electron chi connectivity index (χ4n) is 5.74. The van der Waals surface area contributed by atoms with Gasteiger partial charge in [-0.15, -0.1) is 0 Å². The van der Waals surface area contributed by atoms with Crippen molar-refractivity contribution in [3.8, 4) is 17.2 Å². The predicted molar refractivity (Wildman–Crippen MR) is 154 cm³/mol. The second-order valence-electron chi connectivity index (χ2n) is 10.7. The molecule has 0 atom stereocenters. The third-order valence-corrected chi connectivity index (χ3v) is 8.39. The summed E-state index contributed by atoms with van der Waals surface area (Å²) in [7, 11) is 0. The molecule has 0 saturated heterocycles. The van der Waals surface area contributed by atoms with Gasteiger partial charge < -0.3 is 0 Å². The number of rotatable bonds is 11. The monoisotopic (exact) mass is 497 g/mol. The Balaban J connectivity index is 1.23. The van der Waals surface area contributed by atoms with Crippen LogP contribution in [0.1, 0.15) is 99.3 Å². The Morgan fingerprint density at radius 2 is 1.42 bits per heavy atom. The molecule has 3 aromatic carbocycles. The summed E-state index contributed by atoms with van der Waals surface area (Å²) in [5, 5.41) is 9.66. The summed E-state index contributed by atoms with van der Waals surface area (Å²) < 4.78 is 0. The summed E-state index contributed by atoms with van der Waals surface area (Å²) in [6.07, 6.45) is 16.2. The standard InChI is InChI=1S/C34H40ClN/c1-2-3-4-5-6-7-26-10-17-30(18-11-26)31-19-12-27(13-20-31)8-9-28-14-21-32(22-15-28)33-23-16-29(25-36)24-34(33)35/h12-16,19-24,26,30H,2-11,17-18H2,1H3. The number of benzene rings is 3. The highest BCUT2D eigenvalue weighted by molar-refractivity contribution is 6.33. The van der Waals surface area contributed by atoms with Crippen LogP contribution >= 0.6 is 11.6 Å². The molecule has 36 heavy (non-hydrogen) atoms. The lowest BCUT2D eigenvalue weighted by molar-refractivity contribution is 0.302. The van der Waals surface area contributed by atoms with Gasteiger partial charge in [0.1, 0.15) is 0 Å². The summed E-state index contributed by atoms with van der Waals surface area (Å²) in [5.41, 5.74) is 6.94. The van der Waals surface area contributed by atoms with Gasteiger partial charge >= 0.3 is 0 Å².